The van der Waals surface area contributed by atoms with Crippen LogP contribution in [0.3, 0.4) is 0 Å². The molecule has 0 saturated carbocycles. The van der Waals surface area contributed by atoms with Crippen LogP contribution in [0.15, 0.2) is 10.8 Å². The predicted octanol–water partition coefficient (Wildman–Crippen LogP) is -0.0587. The lowest BCUT2D eigenvalue weighted by atomic mass is 10.8. The average molecular weight is 95.1 g/mol. The van der Waals surface area contributed by atoms with Crippen molar-refractivity contribution in [3.05, 3.63) is 12.3 Å². The Morgan fingerprint density at radius 1 is 1.86 bits per heavy atom. The Bertz CT molecular complexity index is 173. The van der Waals surface area contributed by atoms with E-state index in [0.29, 0.717) is 0 Å². The summed E-state index contributed by atoms with van der Waals surface area (Å²) in [6.45, 7) is 0. The molecule has 1 heterocycles. The molecule has 4 heteroatoms. The van der Waals surface area contributed by atoms with Crippen molar-refractivity contribution in [2.45, 2.75) is 0 Å². The van der Waals surface area contributed by atoms with Crippen molar-refractivity contribution in [2.24, 2.45) is 0 Å². The third kappa shape index (κ3) is 0.550. The topological polar surface area (TPSA) is 62.7 Å². The molecule has 0 aromatic carbocycles. The van der Waals surface area contributed by atoms with E-state index in [9.17, 15) is 0 Å². The fraction of sp³-hybridized carbons (Fsp3) is 0. The van der Waals surface area contributed by atoms with Crippen molar-refractivity contribution >= 4 is 0 Å². The Kier molecular flexibility index (Phi) is 0.755. The first-order valence-electron chi connectivity index (χ1n) is 1.60. The van der Waals surface area contributed by atoms with Crippen LogP contribution in [0.25, 0.3) is 0 Å². The molecule has 4 nitrogen and oxygen atoms in total. The molecular weight excluding hydrogens is 94.1 g/mol. The molecule has 0 bridgehead atoms. The highest BCUT2D eigenvalue weighted by Gasteiger charge is 1.88. The van der Waals surface area contributed by atoms with Crippen LogP contribution < -0.4 is 0 Å². The van der Waals surface area contributed by atoms with Gasteiger partial charge in [0.05, 0.1) is 0 Å². The number of hydrogen-bond acceptors (Lipinski definition) is 4. The van der Waals surface area contributed by atoms with E-state index < -0.39 is 0 Å². The number of aromatic nitrogens is 2. The van der Waals surface area contributed by atoms with Gasteiger partial charge in [0.1, 0.15) is 0 Å². The summed E-state index contributed by atoms with van der Waals surface area (Å²) in [6, 6.07) is 1.67. The second-order valence-electron chi connectivity index (χ2n) is 0.856. The lowest BCUT2D eigenvalue weighted by Crippen LogP contribution is -1.68. The molecule has 1 rings (SSSR count). The molecule has 0 amide bonds. The van der Waals surface area contributed by atoms with E-state index in [-0.39, 0.29) is 5.89 Å². The Labute approximate surface area is 39.4 Å². The van der Waals surface area contributed by atoms with Crippen LogP contribution in [0.5, 0.6) is 0 Å². The van der Waals surface area contributed by atoms with E-state index in [1.54, 1.807) is 6.07 Å². The van der Waals surface area contributed by atoms with Gasteiger partial charge in [0, 0.05) is 0 Å². The molecule has 0 aliphatic rings. The van der Waals surface area contributed by atoms with Gasteiger partial charge in [-0.3, -0.25) is 0 Å². The van der Waals surface area contributed by atoms with Gasteiger partial charge in [-0.1, -0.05) is 5.10 Å². The maximum Gasteiger partial charge on any atom is 0.320 e. The maximum atomic E-state index is 7.98. The molecular formula is C3HN3O. The van der Waals surface area contributed by atoms with E-state index >= 15 is 0 Å². The number of nitriles is 1. The van der Waals surface area contributed by atoms with Crippen molar-refractivity contribution in [1.82, 2.24) is 10.2 Å². The molecule has 0 radical (unpaired) electrons. The SMILES string of the molecule is N#Cc1nnco1. The van der Waals surface area contributed by atoms with Crippen LogP contribution in [-0.2, 0) is 0 Å². The van der Waals surface area contributed by atoms with E-state index in [4.69, 9.17) is 5.26 Å². The van der Waals surface area contributed by atoms with Crippen LogP contribution in [0.2, 0.25) is 0 Å². The molecule has 7 heavy (non-hydrogen) atoms. The van der Waals surface area contributed by atoms with Crippen LogP contribution in [0.4, 0.5) is 0 Å². The molecule has 0 N–H and O–H groups in total. The molecule has 0 unspecified atom stereocenters. The Balaban J connectivity index is 3.04. The van der Waals surface area contributed by atoms with Gasteiger partial charge in [-0.25, -0.2) is 0 Å². The summed E-state index contributed by atoms with van der Waals surface area (Å²) in [5.74, 6) is 0.000000000000000222. The summed E-state index contributed by atoms with van der Waals surface area (Å²) < 4.78 is 4.40. The predicted molar refractivity (Wildman–Crippen MR) is 19.0 cm³/mol. The minimum atomic E-state index is 0.000000000000000222. The lowest BCUT2D eigenvalue weighted by molar-refractivity contribution is 0.538. The third-order valence-electron chi connectivity index (χ3n) is 0.456. The van der Waals surface area contributed by atoms with Crippen molar-refractivity contribution < 1.29 is 4.42 Å². The summed E-state index contributed by atoms with van der Waals surface area (Å²) >= 11 is 0. The van der Waals surface area contributed by atoms with Crippen LogP contribution in [0, 0.1) is 11.3 Å². The fourth-order valence-electron chi connectivity index (χ4n) is 0.222. The van der Waals surface area contributed by atoms with E-state index in [0.717, 1.165) is 6.39 Å². The third-order valence-corrected chi connectivity index (χ3v) is 0.456. The largest absolute Gasteiger partial charge is 0.416 e. The zero-order valence-corrected chi connectivity index (χ0v) is 3.33. The summed E-state index contributed by atoms with van der Waals surface area (Å²) in [7, 11) is 0. The molecule has 0 aliphatic carbocycles. The fourth-order valence-corrected chi connectivity index (χ4v) is 0.222. The molecule has 1 aromatic rings. The highest BCUT2D eigenvalue weighted by atomic mass is 16.4. The quantitative estimate of drug-likeness (QED) is 0.453. The number of nitrogens with zero attached hydrogens (tertiary/aromatic N) is 3. The van der Waals surface area contributed by atoms with Crippen molar-refractivity contribution in [2.75, 3.05) is 0 Å². The standard InChI is InChI=1S/C3HN3O/c4-1-3-6-5-2-7-3/h2H. The van der Waals surface area contributed by atoms with Crippen LogP contribution in [-0.4, -0.2) is 10.2 Å². The van der Waals surface area contributed by atoms with Gasteiger partial charge in [-0.15, -0.1) is 5.10 Å². The monoisotopic (exact) mass is 95.0 g/mol. The Morgan fingerprint density at radius 3 is 3.00 bits per heavy atom. The van der Waals surface area contributed by atoms with Crippen molar-refractivity contribution in [3.8, 4) is 6.07 Å². The van der Waals surface area contributed by atoms with Gasteiger partial charge in [-0.05, 0) is 0 Å². The second kappa shape index (κ2) is 1.39. The van der Waals surface area contributed by atoms with E-state index in [2.05, 4.69) is 14.6 Å². The van der Waals surface area contributed by atoms with Crippen LogP contribution >= 0.6 is 0 Å². The first kappa shape index (κ1) is 3.81. The second-order valence-corrected chi connectivity index (χ2v) is 0.856. The minimum absolute atomic E-state index is 0.000000000000000222. The maximum absolute atomic E-state index is 7.98. The number of hydrogen-bond donors (Lipinski definition) is 0. The van der Waals surface area contributed by atoms with Gasteiger partial charge in [-0.2, -0.15) is 5.26 Å². The van der Waals surface area contributed by atoms with Gasteiger partial charge >= 0.3 is 5.89 Å². The zero-order chi connectivity index (χ0) is 5.11. The van der Waals surface area contributed by atoms with Gasteiger partial charge < -0.3 is 4.42 Å². The van der Waals surface area contributed by atoms with E-state index in [1.807, 2.05) is 0 Å². The summed E-state index contributed by atoms with van der Waals surface area (Å²) in [5.41, 5.74) is 0. The first-order chi connectivity index (χ1) is 3.43. The molecule has 0 fully saturated rings. The zero-order valence-electron chi connectivity index (χ0n) is 3.33. The first-order valence-corrected chi connectivity index (χ1v) is 1.60. The lowest BCUT2D eigenvalue weighted by Gasteiger charge is -1.60. The summed E-state index contributed by atoms with van der Waals surface area (Å²) in [4.78, 5) is 0. The molecule has 0 saturated heterocycles. The molecule has 1 aromatic heterocycles. The highest BCUT2D eigenvalue weighted by Crippen LogP contribution is 1.83. The Morgan fingerprint density at radius 2 is 2.71 bits per heavy atom. The molecule has 0 spiro atoms. The van der Waals surface area contributed by atoms with Gasteiger partial charge in [0.25, 0.3) is 0 Å². The minimum Gasteiger partial charge on any atom is -0.416 e. The molecule has 34 valence electrons. The molecule has 0 aliphatic heterocycles. The molecule has 0 atom stereocenters. The van der Waals surface area contributed by atoms with Gasteiger partial charge in [0.2, 0.25) is 6.39 Å². The highest BCUT2D eigenvalue weighted by molar-refractivity contribution is 4.99. The van der Waals surface area contributed by atoms with Crippen LogP contribution in [0.1, 0.15) is 5.89 Å². The number of rotatable bonds is 0. The smallest absolute Gasteiger partial charge is 0.320 e. The van der Waals surface area contributed by atoms with Gasteiger partial charge in [0.15, 0.2) is 6.07 Å². The van der Waals surface area contributed by atoms with Crippen molar-refractivity contribution in [3.63, 3.8) is 0 Å². The normalized spacial score (nSPS) is 7.86. The average Bonchev–Trinajstić information content (AvgIpc) is 2.14. The Hall–Kier alpha value is -1.37. The summed E-state index contributed by atoms with van der Waals surface area (Å²) in [5, 5.41) is 14.5. The van der Waals surface area contributed by atoms with E-state index in [1.165, 1.54) is 0 Å². The summed E-state index contributed by atoms with van der Waals surface area (Å²) in [6.07, 6.45) is 1.11. The van der Waals surface area contributed by atoms with Crippen molar-refractivity contribution in [1.29, 1.82) is 5.26 Å².